The van der Waals surface area contributed by atoms with Gasteiger partial charge in [-0.25, -0.2) is 4.79 Å². The third-order valence-corrected chi connectivity index (χ3v) is 12.4. The molecule has 4 unspecified atom stereocenters. The number of benzene rings is 2. The van der Waals surface area contributed by atoms with Crippen LogP contribution >= 0.6 is 0 Å². The second-order valence-corrected chi connectivity index (χ2v) is 17.5. The van der Waals surface area contributed by atoms with E-state index in [0.29, 0.717) is 55.9 Å². The summed E-state index contributed by atoms with van der Waals surface area (Å²) >= 11 is 0. The smallest absolute Gasteiger partial charge is 0.348 e. The van der Waals surface area contributed by atoms with Gasteiger partial charge in [0, 0.05) is 18.8 Å². The number of Topliss-reactive ketones (excluding diaryl/α,β-unsaturated/α-hetero) is 1. The summed E-state index contributed by atoms with van der Waals surface area (Å²) < 4.78 is 25.0. The molecule has 0 spiro atoms. The lowest BCUT2D eigenvalue weighted by molar-refractivity contribution is -0.230. The van der Waals surface area contributed by atoms with Crippen molar-refractivity contribution in [2.45, 2.75) is 199 Å². The largest absolute Gasteiger partial charge is 0.460 e. The van der Waals surface area contributed by atoms with E-state index in [9.17, 15) is 9.59 Å². The first-order valence-corrected chi connectivity index (χ1v) is 23.7. The van der Waals surface area contributed by atoms with Gasteiger partial charge in [0.1, 0.15) is 17.8 Å². The molecule has 1 heterocycles. The highest BCUT2D eigenvalue weighted by Gasteiger charge is 2.49. The number of ether oxygens (including phenoxy) is 4. The van der Waals surface area contributed by atoms with Gasteiger partial charge in [-0.2, -0.15) is 0 Å². The van der Waals surface area contributed by atoms with E-state index in [2.05, 4.69) is 20.8 Å². The van der Waals surface area contributed by atoms with Gasteiger partial charge in [0.25, 0.3) is 0 Å². The third-order valence-electron chi connectivity index (χ3n) is 12.4. The molecule has 2 aliphatic rings. The Labute approximate surface area is 352 Å². The number of unbranched alkanes of at least 4 members (excludes halogenated alkanes) is 17. The summed E-state index contributed by atoms with van der Waals surface area (Å²) in [6.45, 7) is 7.26. The monoisotopic (exact) mass is 803 g/mol. The number of carbonyl (C=O) groups excluding carboxylic acids is 3. The highest BCUT2D eigenvalue weighted by molar-refractivity contribution is 5.86. The normalized spacial score (nSPS) is 19.2. The van der Waals surface area contributed by atoms with Crippen LogP contribution in [0.1, 0.15) is 192 Å². The molecule has 1 aliphatic carbocycles. The van der Waals surface area contributed by atoms with E-state index in [1.165, 1.54) is 83.5 Å². The second kappa shape index (κ2) is 27.7. The Morgan fingerprint density at radius 2 is 1.14 bits per heavy atom. The highest BCUT2D eigenvalue weighted by Crippen LogP contribution is 2.40. The fraction of sp³-hybridized carbons (Fsp3) is 0.706. The zero-order chi connectivity index (χ0) is 41.3. The quantitative estimate of drug-likeness (QED) is 0.0336. The molecule has 0 amide bonds. The van der Waals surface area contributed by atoms with E-state index in [-0.39, 0.29) is 23.6 Å². The maximum Gasteiger partial charge on any atom is 0.348 e. The molecule has 0 bridgehead atoms. The predicted molar refractivity (Wildman–Crippen MR) is 233 cm³/mol. The van der Waals surface area contributed by atoms with Crippen LogP contribution in [-0.2, 0) is 38.9 Å². The summed E-state index contributed by atoms with van der Waals surface area (Å²) in [6, 6.07) is 18.9. The van der Waals surface area contributed by atoms with Crippen LogP contribution in [0.25, 0.3) is 0 Å². The SMILES string of the molecule is CCCCCCCCCCCCCCCCCCC(OC(=O)C1COC1)OC(C(=O)OC1CC(C)CCC(C(=O)CCCCC)C1)(c1ccccc1)c1ccccc1. The Morgan fingerprint density at radius 3 is 1.64 bits per heavy atom. The van der Waals surface area contributed by atoms with Crippen molar-refractivity contribution in [2.75, 3.05) is 13.2 Å². The van der Waals surface area contributed by atoms with Gasteiger partial charge in [-0.05, 0) is 55.6 Å². The standard InChI is InChI=1S/C51H78O7/c1-4-6-8-9-10-11-12-13-14-15-16-17-18-19-20-28-34-48(57-49(53)43-39-55-40-43)58-51(44-29-24-21-25-30-44,45-31-26-22-27-32-45)50(54)56-46-37-41(3)35-36-42(38-46)47(52)33-23-7-5-2/h21-22,24-27,29-32,41-43,46,48H,4-20,23,28,33-40H2,1-3H3. The van der Waals surface area contributed by atoms with Crippen molar-refractivity contribution >= 4 is 17.7 Å². The number of hydrogen-bond acceptors (Lipinski definition) is 7. The molecule has 58 heavy (non-hydrogen) atoms. The fourth-order valence-corrected chi connectivity index (χ4v) is 8.69. The van der Waals surface area contributed by atoms with E-state index in [1.807, 2.05) is 60.7 Å². The molecule has 2 fully saturated rings. The molecule has 0 N–H and O–H groups in total. The minimum absolute atomic E-state index is 0.128. The molecule has 4 atom stereocenters. The van der Waals surface area contributed by atoms with Crippen molar-refractivity contribution in [2.24, 2.45) is 17.8 Å². The Morgan fingerprint density at radius 1 is 0.638 bits per heavy atom. The van der Waals surface area contributed by atoms with E-state index < -0.39 is 24.0 Å². The number of carbonyl (C=O) groups is 3. The molecule has 1 saturated heterocycles. The molecule has 324 valence electrons. The van der Waals surface area contributed by atoms with Gasteiger partial charge in [0.05, 0.1) is 13.2 Å². The Balaban J connectivity index is 1.43. The summed E-state index contributed by atoms with van der Waals surface area (Å²) in [6.07, 6.45) is 25.9. The number of ketones is 1. The summed E-state index contributed by atoms with van der Waals surface area (Å²) in [5, 5.41) is 0. The topological polar surface area (TPSA) is 88.1 Å². The molecule has 2 aromatic carbocycles. The molecule has 2 aromatic rings. The van der Waals surface area contributed by atoms with Crippen molar-refractivity contribution in [1.82, 2.24) is 0 Å². The summed E-state index contributed by atoms with van der Waals surface area (Å²) in [5.41, 5.74) is -0.477. The minimum Gasteiger partial charge on any atom is -0.460 e. The molecule has 7 nitrogen and oxygen atoms in total. The maximum atomic E-state index is 15.1. The average molecular weight is 803 g/mol. The third kappa shape index (κ3) is 16.2. The number of hydrogen-bond donors (Lipinski definition) is 0. The van der Waals surface area contributed by atoms with Crippen LogP contribution in [-0.4, -0.2) is 43.3 Å². The summed E-state index contributed by atoms with van der Waals surface area (Å²) in [5.74, 6) is -0.784. The van der Waals surface area contributed by atoms with Gasteiger partial charge in [-0.3, -0.25) is 9.59 Å². The molecule has 7 heteroatoms. The van der Waals surface area contributed by atoms with Gasteiger partial charge in [0.2, 0.25) is 11.9 Å². The van der Waals surface area contributed by atoms with Crippen molar-refractivity contribution in [3.05, 3.63) is 71.8 Å². The Bertz CT molecular complexity index is 1370. The zero-order valence-corrected chi connectivity index (χ0v) is 36.6. The van der Waals surface area contributed by atoms with E-state index in [1.54, 1.807) is 0 Å². The fourth-order valence-electron chi connectivity index (χ4n) is 8.69. The molecule has 1 aliphatic heterocycles. The highest BCUT2D eigenvalue weighted by atomic mass is 16.7. The average Bonchev–Trinajstić information content (AvgIpc) is 3.40. The molecular formula is C51H78O7. The number of rotatable bonds is 30. The van der Waals surface area contributed by atoms with Gasteiger partial charge in [-0.15, -0.1) is 0 Å². The van der Waals surface area contributed by atoms with Crippen LogP contribution in [0.4, 0.5) is 0 Å². The van der Waals surface area contributed by atoms with Gasteiger partial charge in [-0.1, -0.05) is 191 Å². The first-order valence-electron chi connectivity index (χ1n) is 23.7. The van der Waals surface area contributed by atoms with Crippen molar-refractivity contribution < 1.29 is 33.3 Å². The first kappa shape index (κ1) is 47.6. The Hall–Kier alpha value is -3.03. The van der Waals surface area contributed by atoms with Crippen LogP contribution in [0.5, 0.6) is 0 Å². The predicted octanol–water partition coefficient (Wildman–Crippen LogP) is 13.0. The molecule has 4 rings (SSSR count). The van der Waals surface area contributed by atoms with Gasteiger partial charge in [0.15, 0.2) is 0 Å². The maximum absolute atomic E-state index is 15.1. The molecule has 0 radical (unpaired) electrons. The van der Waals surface area contributed by atoms with Crippen LogP contribution in [0.3, 0.4) is 0 Å². The van der Waals surface area contributed by atoms with E-state index in [4.69, 9.17) is 18.9 Å². The van der Waals surface area contributed by atoms with Crippen molar-refractivity contribution in [3.63, 3.8) is 0 Å². The van der Waals surface area contributed by atoms with Crippen molar-refractivity contribution in [1.29, 1.82) is 0 Å². The van der Waals surface area contributed by atoms with Crippen molar-refractivity contribution in [3.8, 4) is 0 Å². The molecular weight excluding hydrogens is 725 g/mol. The zero-order valence-electron chi connectivity index (χ0n) is 36.6. The first-order chi connectivity index (χ1) is 28.4. The summed E-state index contributed by atoms with van der Waals surface area (Å²) in [7, 11) is 0. The molecule has 1 saturated carbocycles. The second-order valence-electron chi connectivity index (χ2n) is 17.5. The van der Waals surface area contributed by atoms with E-state index in [0.717, 1.165) is 51.4 Å². The Kier molecular flexibility index (Phi) is 22.7. The lowest BCUT2D eigenvalue weighted by atomic mass is 9.85. The lowest BCUT2D eigenvalue weighted by Gasteiger charge is -2.37. The van der Waals surface area contributed by atoms with E-state index >= 15 is 4.79 Å². The molecule has 0 aromatic heterocycles. The van der Waals surface area contributed by atoms with Crippen LogP contribution in [0.15, 0.2) is 60.7 Å². The number of esters is 2. The van der Waals surface area contributed by atoms with Crippen LogP contribution < -0.4 is 0 Å². The minimum atomic E-state index is -1.70. The van der Waals surface area contributed by atoms with Gasteiger partial charge < -0.3 is 18.9 Å². The summed E-state index contributed by atoms with van der Waals surface area (Å²) in [4.78, 5) is 41.9. The van der Waals surface area contributed by atoms with Crippen LogP contribution in [0.2, 0.25) is 0 Å². The van der Waals surface area contributed by atoms with Gasteiger partial charge >= 0.3 is 11.9 Å². The lowest BCUT2D eigenvalue weighted by Crippen LogP contribution is -2.47. The van der Waals surface area contributed by atoms with Crippen LogP contribution in [0, 0.1) is 17.8 Å².